The number of nitrogens with zero attached hydrogens (tertiary/aromatic N) is 2. The van der Waals surface area contributed by atoms with Crippen molar-refractivity contribution in [3.63, 3.8) is 0 Å². The number of allylic oxidation sites excluding steroid dienone is 2. The van der Waals surface area contributed by atoms with E-state index in [2.05, 4.69) is 0 Å². The number of phenols is 2. The van der Waals surface area contributed by atoms with Crippen LogP contribution in [0.3, 0.4) is 0 Å². The largest absolute Gasteiger partial charge is 0.508 e. The summed E-state index contributed by atoms with van der Waals surface area (Å²) in [5.74, 6) is -3.61. The molecule has 9 heteroatoms. The molecule has 2 saturated heterocycles. The summed E-state index contributed by atoms with van der Waals surface area (Å²) >= 11 is 0. The topological polar surface area (TPSA) is 124 Å². The fourth-order valence-corrected chi connectivity index (χ4v) is 8.39. The lowest BCUT2D eigenvalue weighted by molar-refractivity contribution is -0.140. The van der Waals surface area contributed by atoms with Gasteiger partial charge in [0.1, 0.15) is 5.75 Å². The first-order chi connectivity index (χ1) is 22.1. The number of benzene rings is 3. The molecule has 6 atom stereocenters. The van der Waals surface area contributed by atoms with Crippen LogP contribution < -0.4 is 9.64 Å². The van der Waals surface area contributed by atoms with E-state index in [0.29, 0.717) is 30.7 Å². The van der Waals surface area contributed by atoms with Crippen LogP contribution in [-0.2, 0) is 25.6 Å². The molecule has 4 amide bonds. The molecular weight excluding hydrogens is 584 g/mol. The van der Waals surface area contributed by atoms with Crippen molar-refractivity contribution in [2.75, 3.05) is 18.1 Å². The van der Waals surface area contributed by atoms with E-state index in [-0.39, 0.29) is 53.8 Å². The summed E-state index contributed by atoms with van der Waals surface area (Å²) < 4.78 is 5.72. The lowest BCUT2D eigenvalue weighted by Gasteiger charge is -2.49. The van der Waals surface area contributed by atoms with Gasteiger partial charge in [-0.25, -0.2) is 4.90 Å². The van der Waals surface area contributed by atoms with Crippen molar-refractivity contribution in [3.05, 3.63) is 95.6 Å². The molecule has 2 N–H and O–H groups in total. The van der Waals surface area contributed by atoms with Gasteiger partial charge in [-0.15, -0.1) is 0 Å². The Bertz CT molecular complexity index is 1770. The van der Waals surface area contributed by atoms with E-state index in [0.717, 1.165) is 11.1 Å². The number of fused-ring (bicyclic) bond motifs is 4. The number of carbonyl (C=O) groups excluding carboxylic acids is 4. The van der Waals surface area contributed by atoms with Crippen LogP contribution in [-0.4, -0.2) is 51.9 Å². The van der Waals surface area contributed by atoms with Gasteiger partial charge in [0.2, 0.25) is 23.6 Å². The number of anilines is 1. The van der Waals surface area contributed by atoms with Gasteiger partial charge >= 0.3 is 0 Å². The minimum absolute atomic E-state index is 0.0297. The van der Waals surface area contributed by atoms with Crippen LogP contribution in [0.4, 0.5) is 5.69 Å². The highest BCUT2D eigenvalue weighted by Gasteiger charge is 2.67. The molecule has 0 radical (unpaired) electrons. The van der Waals surface area contributed by atoms with Crippen LogP contribution in [0, 0.1) is 29.1 Å². The van der Waals surface area contributed by atoms with E-state index >= 15 is 0 Å². The molecule has 236 valence electrons. The zero-order chi connectivity index (χ0) is 32.3. The highest BCUT2D eigenvalue weighted by atomic mass is 16.5. The van der Waals surface area contributed by atoms with Crippen molar-refractivity contribution in [2.45, 2.75) is 39.0 Å². The SMILES string of the molecule is CCOc1cc(C2C3=CCC4C(=O)N(CCc5ccc(O)cc5)C(=O)C4C3CC3C(=O)N(c4ccccc4)C(=O)C32C)ccc1O. The fraction of sp³-hybridized carbons (Fsp3) is 0.351. The zero-order valence-corrected chi connectivity index (χ0v) is 25.8. The van der Waals surface area contributed by atoms with Gasteiger partial charge in [-0.05, 0) is 86.6 Å². The maximum absolute atomic E-state index is 14.5. The molecule has 6 unspecified atom stereocenters. The predicted octanol–water partition coefficient (Wildman–Crippen LogP) is 4.97. The summed E-state index contributed by atoms with van der Waals surface area (Å²) in [6.45, 7) is 4.20. The van der Waals surface area contributed by atoms with Crippen molar-refractivity contribution in [1.29, 1.82) is 0 Å². The number of phenolic OH excluding ortho intramolecular Hbond substituents is 2. The second kappa shape index (κ2) is 11.2. The Morgan fingerprint density at radius 2 is 1.63 bits per heavy atom. The Balaban J connectivity index is 1.29. The van der Waals surface area contributed by atoms with E-state index in [9.17, 15) is 29.4 Å². The summed E-state index contributed by atoms with van der Waals surface area (Å²) in [4.78, 5) is 59.2. The first kappa shape index (κ1) is 29.8. The van der Waals surface area contributed by atoms with Gasteiger partial charge in [0.15, 0.2) is 11.5 Å². The number of para-hydroxylation sites is 1. The number of imide groups is 2. The average molecular weight is 621 g/mol. The zero-order valence-electron chi connectivity index (χ0n) is 25.8. The maximum Gasteiger partial charge on any atom is 0.241 e. The number of aromatic hydroxyl groups is 2. The lowest BCUT2D eigenvalue weighted by Crippen LogP contribution is -2.48. The monoisotopic (exact) mass is 620 g/mol. The molecule has 2 heterocycles. The Morgan fingerprint density at radius 1 is 0.891 bits per heavy atom. The van der Waals surface area contributed by atoms with E-state index in [4.69, 9.17) is 4.74 Å². The lowest BCUT2D eigenvalue weighted by atomic mass is 9.51. The van der Waals surface area contributed by atoms with Gasteiger partial charge in [-0.3, -0.25) is 24.1 Å². The highest BCUT2D eigenvalue weighted by Crippen LogP contribution is 2.63. The Labute approximate surface area is 267 Å². The molecule has 9 nitrogen and oxygen atoms in total. The van der Waals surface area contributed by atoms with Crippen LogP contribution in [0.1, 0.15) is 43.7 Å². The molecule has 0 spiro atoms. The molecule has 0 aromatic heterocycles. The molecule has 3 aromatic rings. The van der Waals surface area contributed by atoms with Crippen molar-refractivity contribution in [3.8, 4) is 17.2 Å². The van der Waals surface area contributed by atoms with Gasteiger partial charge < -0.3 is 14.9 Å². The van der Waals surface area contributed by atoms with Gasteiger partial charge in [0, 0.05) is 12.5 Å². The average Bonchev–Trinajstić information content (AvgIpc) is 3.41. The second-order valence-electron chi connectivity index (χ2n) is 12.9. The smallest absolute Gasteiger partial charge is 0.241 e. The summed E-state index contributed by atoms with van der Waals surface area (Å²) in [5, 5.41) is 20.2. The first-order valence-electron chi connectivity index (χ1n) is 15.9. The summed E-state index contributed by atoms with van der Waals surface area (Å²) in [6.07, 6.45) is 3.10. The van der Waals surface area contributed by atoms with E-state index in [1.165, 1.54) is 9.80 Å². The number of amides is 4. The third-order valence-corrected chi connectivity index (χ3v) is 10.6. The van der Waals surface area contributed by atoms with Gasteiger partial charge in [0.25, 0.3) is 0 Å². The molecular formula is C37H36N2O7. The Kier molecular flexibility index (Phi) is 7.22. The molecule has 7 rings (SSSR count). The third kappa shape index (κ3) is 4.43. The van der Waals surface area contributed by atoms with Crippen LogP contribution in [0.2, 0.25) is 0 Å². The standard InChI is InChI=1S/C37H36N2O7/c1-3-46-30-19-22(11-16-29(30)41)32-25-14-15-26-31(35(44)38(33(26)42)18-17-21-9-12-24(40)13-10-21)27(25)20-28-34(43)39(36(45)37(28,32)2)23-7-5-4-6-8-23/h4-14,16,19,26-28,31-32,40-41H,3,15,17-18,20H2,1-2H3. The Morgan fingerprint density at radius 3 is 2.35 bits per heavy atom. The Hall–Kier alpha value is -4.92. The first-order valence-corrected chi connectivity index (χ1v) is 15.9. The second-order valence-corrected chi connectivity index (χ2v) is 12.9. The molecule has 46 heavy (non-hydrogen) atoms. The summed E-state index contributed by atoms with van der Waals surface area (Å²) in [7, 11) is 0. The molecule has 3 aromatic carbocycles. The highest BCUT2D eigenvalue weighted by molar-refractivity contribution is 6.24. The molecule has 2 aliphatic heterocycles. The van der Waals surface area contributed by atoms with Crippen LogP contribution in [0.25, 0.3) is 0 Å². The summed E-state index contributed by atoms with van der Waals surface area (Å²) in [5.41, 5.74) is 1.81. The number of rotatable bonds is 7. The van der Waals surface area contributed by atoms with Crippen LogP contribution >= 0.6 is 0 Å². The van der Waals surface area contributed by atoms with Crippen molar-refractivity contribution in [1.82, 2.24) is 4.90 Å². The van der Waals surface area contributed by atoms with E-state index in [1.807, 2.05) is 26.0 Å². The predicted molar refractivity (Wildman–Crippen MR) is 169 cm³/mol. The van der Waals surface area contributed by atoms with Crippen molar-refractivity contribution >= 4 is 29.3 Å². The van der Waals surface area contributed by atoms with Crippen molar-refractivity contribution < 1.29 is 34.1 Å². The number of hydrogen-bond acceptors (Lipinski definition) is 7. The molecule has 2 aliphatic carbocycles. The number of ether oxygens (including phenoxy) is 1. The van der Waals surface area contributed by atoms with Crippen molar-refractivity contribution in [2.24, 2.45) is 29.1 Å². The third-order valence-electron chi connectivity index (χ3n) is 10.6. The fourth-order valence-electron chi connectivity index (χ4n) is 8.39. The number of hydrogen-bond donors (Lipinski definition) is 2. The summed E-state index contributed by atoms with van der Waals surface area (Å²) in [6, 6.07) is 20.6. The number of likely N-dealkylation sites (tertiary alicyclic amines) is 1. The van der Waals surface area contributed by atoms with Crippen LogP contribution in [0.5, 0.6) is 17.2 Å². The normalized spacial score (nSPS) is 28.6. The van der Waals surface area contributed by atoms with Gasteiger partial charge in [-0.2, -0.15) is 0 Å². The van der Waals surface area contributed by atoms with Gasteiger partial charge in [0.05, 0.1) is 35.5 Å². The molecule has 0 bridgehead atoms. The quantitative estimate of drug-likeness (QED) is 0.282. The minimum Gasteiger partial charge on any atom is -0.508 e. The van der Waals surface area contributed by atoms with Crippen LogP contribution in [0.15, 0.2) is 84.4 Å². The molecule has 1 saturated carbocycles. The van der Waals surface area contributed by atoms with E-state index < -0.39 is 35.0 Å². The molecule has 4 aliphatic rings. The van der Waals surface area contributed by atoms with Gasteiger partial charge in [-0.1, -0.05) is 48.0 Å². The van der Waals surface area contributed by atoms with E-state index in [1.54, 1.807) is 66.7 Å². The number of carbonyl (C=O) groups is 4. The minimum atomic E-state index is -1.17. The molecule has 3 fully saturated rings. The maximum atomic E-state index is 14.5.